The molecule has 2 aliphatic heterocycles. The largest absolute Gasteiger partial charge is 0.491 e. The van der Waals surface area contributed by atoms with Crippen molar-refractivity contribution in [3.63, 3.8) is 0 Å². The number of amides is 3. The van der Waals surface area contributed by atoms with Gasteiger partial charge in [-0.2, -0.15) is 0 Å². The number of aliphatic hydroxyl groups excluding tert-OH is 4. The Kier molecular flexibility index (Phi) is 29.3. The first-order chi connectivity index (χ1) is 47.6. The van der Waals surface area contributed by atoms with E-state index in [1.165, 1.54) is 12.1 Å². The lowest BCUT2D eigenvalue weighted by Gasteiger charge is -2.39. The molecule has 3 amide bonds. The number of alkyl carbamates (subject to hydrolysis) is 1. The van der Waals surface area contributed by atoms with Crippen LogP contribution in [0.5, 0.6) is 5.75 Å². The van der Waals surface area contributed by atoms with Crippen LogP contribution >= 0.6 is 0 Å². The lowest BCUT2D eigenvalue weighted by Crippen LogP contribution is -2.59. The molecule has 6 atom stereocenters. The number of nitrogens with one attached hydrogen (secondary N) is 3. The Balaban J connectivity index is 0.650. The van der Waals surface area contributed by atoms with Crippen molar-refractivity contribution >= 4 is 40.5 Å². The lowest BCUT2D eigenvalue weighted by atomic mass is 9.92. The maximum absolute atomic E-state index is 13.6. The van der Waals surface area contributed by atoms with Gasteiger partial charge in [0.25, 0.3) is 5.91 Å². The molecule has 1 saturated heterocycles. The van der Waals surface area contributed by atoms with Gasteiger partial charge in [-0.15, -0.1) is 10.2 Å². The topological polar surface area (TPSA) is 379 Å². The van der Waals surface area contributed by atoms with Gasteiger partial charge < -0.3 is 98.2 Å². The number of carbonyl (C=O) groups is 4. The molecule has 8 N–H and O–H groups in total. The van der Waals surface area contributed by atoms with E-state index in [1.54, 1.807) is 48.6 Å². The van der Waals surface area contributed by atoms with E-state index in [4.69, 9.17) is 51.8 Å². The van der Waals surface area contributed by atoms with Crippen molar-refractivity contribution < 1.29 is 96.5 Å². The fourth-order valence-corrected chi connectivity index (χ4v) is 10.2. The quantitative estimate of drug-likeness (QED) is 0.0154. The number of rotatable bonds is 40. The molecule has 0 spiro atoms. The highest BCUT2D eigenvalue weighted by Crippen LogP contribution is 2.39. The van der Waals surface area contributed by atoms with E-state index < -0.39 is 72.8 Å². The van der Waals surface area contributed by atoms with Crippen LogP contribution in [0.25, 0.3) is 33.4 Å². The summed E-state index contributed by atoms with van der Waals surface area (Å²) in [6.45, 7) is 9.85. The third-order valence-corrected chi connectivity index (χ3v) is 15.4. The molecule has 0 bridgehead atoms. The average molecular weight is 1380 g/mol. The Labute approximate surface area is 572 Å². The van der Waals surface area contributed by atoms with E-state index >= 15 is 0 Å². The number of benzene rings is 4. The average Bonchev–Trinajstić information content (AvgIpc) is 1.11. The van der Waals surface area contributed by atoms with Crippen LogP contribution in [0.2, 0.25) is 0 Å². The molecule has 3 aromatic carbocycles. The van der Waals surface area contributed by atoms with Gasteiger partial charge in [0.15, 0.2) is 6.29 Å². The maximum atomic E-state index is 13.6. The van der Waals surface area contributed by atoms with Crippen LogP contribution in [0, 0.1) is 0 Å². The second-order valence-corrected chi connectivity index (χ2v) is 24.5. The number of carboxylic acid groups (broad SMARTS) is 1. The zero-order valence-corrected chi connectivity index (χ0v) is 56.9. The highest BCUT2D eigenvalue weighted by molar-refractivity contribution is 6.07. The molecule has 99 heavy (non-hydrogen) atoms. The molecule has 31 nitrogen and oxygen atoms in total. The molecule has 4 heterocycles. The second-order valence-electron chi connectivity index (χ2n) is 24.5. The summed E-state index contributed by atoms with van der Waals surface area (Å²) in [6, 6.07) is 22.5. The van der Waals surface area contributed by atoms with Crippen LogP contribution in [-0.2, 0) is 79.9 Å². The van der Waals surface area contributed by atoms with Gasteiger partial charge in [0.1, 0.15) is 79.5 Å². The fourth-order valence-electron chi connectivity index (χ4n) is 10.2. The molecule has 1 fully saturated rings. The number of hydrogen-bond donors (Lipinski definition) is 8. The number of aliphatic hydroxyl groups is 4. The minimum Gasteiger partial charge on any atom is -0.491 e. The zero-order chi connectivity index (χ0) is 70.8. The summed E-state index contributed by atoms with van der Waals surface area (Å²) in [4.78, 5) is 54.3. The molecule has 0 saturated carbocycles. The number of carbonyl (C=O) groups excluding carboxylic acids is 3. The van der Waals surface area contributed by atoms with E-state index in [9.17, 15) is 44.7 Å². The second kappa shape index (κ2) is 38.1. The van der Waals surface area contributed by atoms with Crippen molar-refractivity contribution in [2.75, 3.05) is 139 Å². The molecule has 538 valence electrons. The summed E-state index contributed by atoms with van der Waals surface area (Å²) in [5.41, 5.74) is 4.53. The Morgan fingerprint density at radius 1 is 0.687 bits per heavy atom. The smallest absolute Gasteiger partial charge is 0.408 e. The van der Waals surface area contributed by atoms with Gasteiger partial charge in [-0.1, -0.05) is 22.6 Å². The molecule has 3 aliphatic rings. The monoisotopic (exact) mass is 1380 g/mol. The molecule has 1 aliphatic carbocycles. The summed E-state index contributed by atoms with van der Waals surface area (Å²) in [6.07, 6.45) is -3.47. The number of aromatic carboxylic acids is 1. The number of carboxylic acids is 1. The number of ether oxygens (including phenoxy) is 10. The van der Waals surface area contributed by atoms with Crippen molar-refractivity contribution in [2.24, 2.45) is 0 Å². The van der Waals surface area contributed by atoms with Crippen LogP contribution in [0.15, 0.2) is 95.7 Å². The molecular weight excluding hydrogens is 1290 g/mol. The number of anilines is 1. The van der Waals surface area contributed by atoms with E-state index in [-0.39, 0.29) is 57.1 Å². The molecule has 0 radical (unpaired) electrons. The number of hydrogen-bond acceptors (Lipinski definition) is 24. The summed E-state index contributed by atoms with van der Waals surface area (Å²) in [5.74, 6) is -0.702. The molecule has 5 aromatic rings. The first kappa shape index (κ1) is 76.2. The summed E-state index contributed by atoms with van der Waals surface area (Å²) < 4.78 is 67.7. The fraction of sp³-hybridized carbons (Fsp3) is 0.515. The third-order valence-electron chi connectivity index (χ3n) is 15.4. The zero-order valence-electron chi connectivity index (χ0n) is 56.9. The van der Waals surface area contributed by atoms with Crippen molar-refractivity contribution in [1.29, 1.82) is 0 Å². The third kappa shape index (κ3) is 23.8. The van der Waals surface area contributed by atoms with Crippen molar-refractivity contribution in [3.8, 4) is 28.2 Å². The van der Waals surface area contributed by atoms with E-state index in [1.807, 2.05) is 98.3 Å². The molecule has 31 heteroatoms. The van der Waals surface area contributed by atoms with Crippen molar-refractivity contribution in [1.82, 2.24) is 50.5 Å². The number of nitrogens with zero attached hydrogens (tertiary/aromatic N) is 8. The number of fused-ring (bicyclic) bond motifs is 2. The summed E-state index contributed by atoms with van der Waals surface area (Å²) in [5, 5.41) is 76.4. The Bertz CT molecular complexity index is 3740. The van der Waals surface area contributed by atoms with E-state index in [0.717, 1.165) is 22.2 Å². The van der Waals surface area contributed by atoms with E-state index in [2.05, 4.69) is 36.6 Å². The van der Waals surface area contributed by atoms with Gasteiger partial charge in [0, 0.05) is 67.6 Å². The van der Waals surface area contributed by atoms with Crippen LogP contribution in [0.1, 0.15) is 58.4 Å². The molecule has 2 aromatic heterocycles. The first-order valence-corrected chi connectivity index (χ1v) is 32.6. The summed E-state index contributed by atoms with van der Waals surface area (Å²) >= 11 is 0. The standard InChI is InChI=1S/C68H91N11O20/c1-68(2,3)99-67(88)71-56(36-47-41-78(74-72-47)18-22-90-26-29-93-30-31-94-32-33-95-51-13-8-44(9-14-51)16-20-96-66-62(83)61(82)60(81)59(43-80)98-66)64(85)69-17-21-89-24-27-92-28-25-91-23-19-79-42-48(73-75-79)40-70-63(84)46-11-15-52(65(86)87)53(35-46)54-37-50(77(6)7)39-58-55(54)34-45-10-12-49(76(4)5)38-57(45)97-58/h8-15,34-35,37-39,41-42,56,59-62,66,80-83H,16-33,36,40,43H2,1-7H3,(H3-,69,70,71,84,85,86,87,88)/p+1/t56-,59+,60+,61-,62+,66+/m0/s1. The van der Waals surface area contributed by atoms with E-state index in [0.29, 0.717) is 131 Å². The van der Waals surface area contributed by atoms with Gasteiger partial charge in [-0.3, -0.25) is 9.59 Å². The highest BCUT2D eigenvalue weighted by Gasteiger charge is 2.44. The molecule has 0 unspecified atom stereocenters. The Hall–Kier alpha value is -8.57. The molecular formula is C68H92N11O20+. The minimum absolute atomic E-state index is 0.0305. The van der Waals surface area contributed by atoms with Crippen molar-refractivity contribution in [2.45, 2.75) is 95.6 Å². The van der Waals surface area contributed by atoms with Gasteiger partial charge in [0.2, 0.25) is 11.3 Å². The number of aromatic nitrogens is 6. The van der Waals surface area contributed by atoms with Crippen LogP contribution < -0.4 is 35.5 Å². The van der Waals surface area contributed by atoms with Gasteiger partial charge >= 0.3 is 12.1 Å². The molecule has 8 rings (SSSR count). The van der Waals surface area contributed by atoms with Crippen LogP contribution in [-0.4, -0.2) is 256 Å². The minimum atomic E-state index is -1.50. The predicted molar refractivity (Wildman–Crippen MR) is 358 cm³/mol. The normalized spacial score (nSPS) is 16.6. The Morgan fingerprint density at radius 3 is 1.94 bits per heavy atom. The SMILES string of the molecule is CN(C)c1cc(-c2cc(C(=O)NCc3cn(CCOCCOCCOCCNC(=O)[C@H](Cc4cn(CCOCCOCCOCCOc5ccc(CCO[C@@H]6O[C@H](CO)[C@@H](O)[C@H](O)[C@H]6O)cc5)nn4)NC(=O)OC(C)(C)C)nn3)ccc2C(=O)O)c2cc3ccc(=[N+](C)C)cc-3oc2c1. The van der Waals surface area contributed by atoms with Crippen molar-refractivity contribution in [3.05, 3.63) is 125 Å². The van der Waals surface area contributed by atoms with Crippen LogP contribution in [0.4, 0.5) is 10.5 Å². The van der Waals surface area contributed by atoms with Gasteiger partial charge in [-0.25, -0.2) is 23.5 Å². The lowest BCUT2D eigenvalue weighted by molar-refractivity contribution is -0.300. The maximum Gasteiger partial charge on any atom is 0.408 e. The van der Waals surface area contributed by atoms with Gasteiger partial charge in [0.05, 0.1) is 136 Å². The highest BCUT2D eigenvalue weighted by atomic mass is 16.7. The Morgan fingerprint density at radius 2 is 1.31 bits per heavy atom. The van der Waals surface area contributed by atoms with Gasteiger partial charge in [-0.05, 0) is 92.4 Å². The predicted octanol–water partition coefficient (Wildman–Crippen LogP) is 1.90. The first-order valence-electron chi connectivity index (χ1n) is 32.6. The summed E-state index contributed by atoms with van der Waals surface area (Å²) in [7, 11) is 7.68. The van der Waals surface area contributed by atoms with Crippen LogP contribution in [0.3, 0.4) is 0 Å².